The Labute approximate surface area is 106 Å². The molecule has 1 heterocycles. The van der Waals surface area contributed by atoms with Crippen LogP contribution in [0.3, 0.4) is 0 Å². The molecule has 2 N–H and O–H groups in total. The third-order valence-corrected chi connectivity index (χ3v) is 4.45. The van der Waals surface area contributed by atoms with Crippen molar-refractivity contribution < 1.29 is 5.11 Å². The SMILES string of the molecule is CCN1C[C@@H](O)C[C@@H]1CNCC1CCCCC1. The molecule has 0 amide bonds. The molecule has 2 aliphatic rings. The Hall–Kier alpha value is -0.120. The van der Waals surface area contributed by atoms with Gasteiger partial charge in [0.2, 0.25) is 0 Å². The van der Waals surface area contributed by atoms with Crippen LogP contribution in [0, 0.1) is 5.92 Å². The van der Waals surface area contributed by atoms with E-state index in [2.05, 4.69) is 17.1 Å². The van der Waals surface area contributed by atoms with Gasteiger partial charge in [-0.3, -0.25) is 4.90 Å². The lowest BCUT2D eigenvalue weighted by Gasteiger charge is -2.25. The molecule has 3 nitrogen and oxygen atoms in total. The van der Waals surface area contributed by atoms with Crippen molar-refractivity contribution in [2.24, 2.45) is 5.92 Å². The lowest BCUT2D eigenvalue weighted by molar-refractivity contribution is 0.177. The van der Waals surface area contributed by atoms with Gasteiger partial charge in [-0.05, 0) is 38.3 Å². The van der Waals surface area contributed by atoms with Crippen LogP contribution in [-0.2, 0) is 0 Å². The first-order valence-electron chi connectivity index (χ1n) is 7.42. The predicted molar refractivity (Wildman–Crippen MR) is 71.1 cm³/mol. The van der Waals surface area contributed by atoms with Crippen LogP contribution in [0.1, 0.15) is 45.4 Å². The first-order chi connectivity index (χ1) is 8.29. The van der Waals surface area contributed by atoms with Gasteiger partial charge < -0.3 is 10.4 Å². The Kier molecular flexibility index (Phi) is 5.26. The Morgan fingerprint density at radius 3 is 2.65 bits per heavy atom. The standard InChI is InChI=1S/C14H28N2O/c1-2-16-11-14(17)8-13(16)10-15-9-12-6-4-3-5-7-12/h12-15,17H,2-11H2,1H3/t13-,14+/m1/s1. The van der Waals surface area contributed by atoms with Crippen molar-refractivity contribution in [3.8, 4) is 0 Å². The van der Waals surface area contributed by atoms with E-state index in [9.17, 15) is 5.11 Å². The smallest absolute Gasteiger partial charge is 0.0682 e. The monoisotopic (exact) mass is 240 g/mol. The first kappa shape index (κ1) is 13.3. The summed E-state index contributed by atoms with van der Waals surface area (Å²) in [6, 6.07) is 0.554. The highest BCUT2D eigenvalue weighted by Crippen LogP contribution is 2.23. The molecule has 1 aliphatic carbocycles. The number of likely N-dealkylation sites (tertiary alicyclic amines) is 1. The van der Waals surface area contributed by atoms with Crippen molar-refractivity contribution in [2.75, 3.05) is 26.2 Å². The van der Waals surface area contributed by atoms with Gasteiger partial charge in [0.05, 0.1) is 6.10 Å². The second-order valence-corrected chi connectivity index (χ2v) is 5.79. The largest absolute Gasteiger partial charge is 0.392 e. The fourth-order valence-corrected chi connectivity index (χ4v) is 3.40. The number of rotatable bonds is 5. The highest BCUT2D eigenvalue weighted by atomic mass is 16.3. The fourth-order valence-electron chi connectivity index (χ4n) is 3.40. The molecule has 17 heavy (non-hydrogen) atoms. The average molecular weight is 240 g/mol. The minimum atomic E-state index is -0.101. The van der Waals surface area contributed by atoms with E-state index in [0.29, 0.717) is 6.04 Å². The number of nitrogens with one attached hydrogen (secondary N) is 1. The molecule has 3 heteroatoms. The maximum absolute atomic E-state index is 9.68. The maximum atomic E-state index is 9.68. The summed E-state index contributed by atoms with van der Waals surface area (Å²) >= 11 is 0. The second kappa shape index (κ2) is 6.72. The predicted octanol–water partition coefficient (Wildman–Crippen LogP) is 1.61. The normalized spacial score (nSPS) is 32.1. The van der Waals surface area contributed by atoms with Crippen molar-refractivity contribution in [3.63, 3.8) is 0 Å². The summed E-state index contributed by atoms with van der Waals surface area (Å²) in [6.07, 6.45) is 7.97. The summed E-state index contributed by atoms with van der Waals surface area (Å²) in [7, 11) is 0. The molecule has 2 atom stereocenters. The van der Waals surface area contributed by atoms with E-state index in [1.165, 1.54) is 38.6 Å². The highest BCUT2D eigenvalue weighted by molar-refractivity contribution is 4.86. The van der Waals surface area contributed by atoms with Gasteiger partial charge in [-0.15, -0.1) is 0 Å². The summed E-state index contributed by atoms with van der Waals surface area (Å²) in [6.45, 7) is 6.36. The lowest BCUT2D eigenvalue weighted by Crippen LogP contribution is -2.39. The summed E-state index contributed by atoms with van der Waals surface area (Å²) in [5, 5.41) is 13.3. The van der Waals surface area contributed by atoms with Crippen LogP contribution in [-0.4, -0.2) is 48.3 Å². The lowest BCUT2D eigenvalue weighted by atomic mass is 9.89. The number of aliphatic hydroxyl groups is 1. The summed E-state index contributed by atoms with van der Waals surface area (Å²) in [5.41, 5.74) is 0. The summed E-state index contributed by atoms with van der Waals surface area (Å²) in [5.74, 6) is 0.908. The molecule has 0 aromatic rings. The van der Waals surface area contributed by atoms with Crippen molar-refractivity contribution >= 4 is 0 Å². The van der Waals surface area contributed by atoms with E-state index in [1.807, 2.05) is 0 Å². The minimum Gasteiger partial charge on any atom is -0.392 e. The van der Waals surface area contributed by atoms with Crippen LogP contribution in [0.25, 0.3) is 0 Å². The second-order valence-electron chi connectivity index (χ2n) is 5.79. The van der Waals surface area contributed by atoms with Crippen LogP contribution >= 0.6 is 0 Å². The molecule has 2 fully saturated rings. The molecule has 0 spiro atoms. The molecule has 0 aromatic carbocycles. The molecule has 2 rings (SSSR count). The third-order valence-electron chi connectivity index (χ3n) is 4.45. The van der Waals surface area contributed by atoms with Gasteiger partial charge in [0.15, 0.2) is 0 Å². The van der Waals surface area contributed by atoms with E-state index in [-0.39, 0.29) is 6.10 Å². The van der Waals surface area contributed by atoms with E-state index >= 15 is 0 Å². The van der Waals surface area contributed by atoms with Gasteiger partial charge in [-0.2, -0.15) is 0 Å². The summed E-state index contributed by atoms with van der Waals surface area (Å²) in [4.78, 5) is 2.40. The van der Waals surface area contributed by atoms with E-state index in [0.717, 1.165) is 32.0 Å². The Morgan fingerprint density at radius 2 is 1.94 bits per heavy atom. The number of β-amino-alcohol motifs (C(OH)–C–C–N with tert-alkyl or cyclic N) is 1. The van der Waals surface area contributed by atoms with Crippen molar-refractivity contribution in [1.29, 1.82) is 0 Å². The van der Waals surface area contributed by atoms with Crippen LogP contribution in [0.15, 0.2) is 0 Å². The van der Waals surface area contributed by atoms with Crippen LogP contribution in [0.5, 0.6) is 0 Å². The van der Waals surface area contributed by atoms with Gasteiger partial charge >= 0.3 is 0 Å². The average Bonchev–Trinajstić information content (AvgIpc) is 2.71. The molecule has 0 radical (unpaired) electrons. The van der Waals surface area contributed by atoms with Crippen molar-refractivity contribution in [2.45, 2.75) is 57.6 Å². The molecule has 0 aromatic heterocycles. The van der Waals surface area contributed by atoms with Crippen molar-refractivity contribution in [3.05, 3.63) is 0 Å². The molecule has 0 unspecified atom stereocenters. The molecular formula is C14H28N2O. The number of hydrogen-bond donors (Lipinski definition) is 2. The van der Waals surface area contributed by atoms with Gasteiger partial charge in [-0.1, -0.05) is 26.2 Å². The van der Waals surface area contributed by atoms with E-state index in [1.54, 1.807) is 0 Å². The Balaban J connectivity index is 1.63. The zero-order chi connectivity index (χ0) is 12.1. The van der Waals surface area contributed by atoms with Gasteiger partial charge in [0, 0.05) is 19.1 Å². The fraction of sp³-hybridized carbons (Fsp3) is 1.00. The van der Waals surface area contributed by atoms with Crippen LogP contribution in [0.4, 0.5) is 0 Å². The van der Waals surface area contributed by atoms with Crippen LogP contribution < -0.4 is 5.32 Å². The first-order valence-corrected chi connectivity index (χ1v) is 7.42. The number of aliphatic hydroxyl groups excluding tert-OH is 1. The van der Waals surface area contributed by atoms with E-state index < -0.39 is 0 Å². The maximum Gasteiger partial charge on any atom is 0.0682 e. The molecule has 1 aliphatic heterocycles. The number of nitrogens with zero attached hydrogens (tertiary/aromatic N) is 1. The zero-order valence-electron chi connectivity index (χ0n) is 11.2. The highest BCUT2D eigenvalue weighted by Gasteiger charge is 2.29. The van der Waals surface area contributed by atoms with E-state index in [4.69, 9.17) is 0 Å². The molecule has 100 valence electrons. The number of likely N-dealkylation sites (N-methyl/N-ethyl adjacent to an activating group) is 1. The topological polar surface area (TPSA) is 35.5 Å². The molecular weight excluding hydrogens is 212 g/mol. The van der Waals surface area contributed by atoms with Gasteiger partial charge in [-0.25, -0.2) is 0 Å². The zero-order valence-corrected chi connectivity index (χ0v) is 11.2. The van der Waals surface area contributed by atoms with Crippen molar-refractivity contribution in [1.82, 2.24) is 10.2 Å². The van der Waals surface area contributed by atoms with Crippen LogP contribution in [0.2, 0.25) is 0 Å². The minimum absolute atomic E-state index is 0.101. The summed E-state index contributed by atoms with van der Waals surface area (Å²) < 4.78 is 0. The number of hydrogen-bond acceptors (Lipinski definition) is 3. The molecule has 1 saturated carbocycles. The Bertz CT molecular complexity index is 216. The molecule has 1 saturated heterocycles. The quantitative estimate of drug-likeness (QED) is 0.766. The third kappa shape index (κ3) is 3.94. The van der Waals surface area contributed by atoms with Gasteiger partial charge in [0.1, 0.15) is 0 Å². The Morgan fingerprint density at radius 1 is 1.18 bits per heavy atom. The van der Waals surface area contributed by atoms with Gasteiger partial charge in [0.25, 0.3) is 0 Å². The molecule has 0 bridgehead atoms.